The molecule has 18 heavy (non-hydrogen) atoms. The Morgan fingerprint density at radius 1 is 1.33 bits per heavy atom. The minimum atomic E-state index is -2.96. The predicted molar refractivity (Wildman–Crippen MR) is 69.7 cm³/mol. The van der Waals surface area contributed by atoms with Gasteiger partial charge in [0.25, 0.3) is 0 Å². The maximum absolute atomic E-state index is 12.5. The van der Waals surface area contributed by atoms with Crippen LogP contribution in [0.5, 0.6) is 0 Å². The van der Waals surface area contributed by atoms with E-state index in [0.717, 1.165) is 12.8 Å². The van der Waals surface area contributed by atoms with Crippen LogP contribution < -0.4 is 5.73 Å². The standard InChI is InChI=1S/C12H22N2O3S/c1-10-7-12(8-10,9-13)11(15)14-3-2-5-18(16,17)6-4-14/h10H,2-9,13H2,1H3. The highest BCUT2D eigenvalue weighted by Gasteiger charge is 2.49. The third-order valence-electron chi connectivity index (χ3n) is 4.17. The van der Waals surface area contributed by atoms with E-state index < -0.39 is 15.3 Å². The van der Waals surface area contributed by atoms with Gasteiger partial charge in [0, 0.05) is 19.6 Å². The van der Waals surface area contributed by atoms with Gasteiger partial charge in [-0.3, -0.25) is 4.79 Å². The third-order valence-corrected chi connectivity index (χ3v) is 5.88. The number of amides is 1. The average molecular weight is 274 g/mol. The molecule has 6 heteroatoms. The zero-order valence-electron chi connectivity index (χ0n) is 10.9. The van der Waals surface area contributed by atoms with Gasteiger partial charge in [-0.25, -0.2) is 8.42 Å². The fourth-order valence-electron chi connectivity index (χ4n) is 3.18. The molecule has 2 rings (SSSR count). The fraction of sp³-hybridized carbons (Fsp3) is 0.917. The van der Waals surface area contributed by atoms with Gasteiger partial charge in [0.05, 0.1) is 16.9 Å². The summed E-state index contributed by atoms with van der Waals surface area (Å²) in [5.41, 5.74) is 5.36. The summed E-state index contributed by atoms with van der Waals surface area (Å²) in [6.45, 7) is 3.37. The minimum absolute atomic E-state index is 0.0696. The Morgan fingerprint density at radius 3 is 2.56 bits per heavy atom. The number of carbonyl (C=O) groups is 1. The van der Waals surface area contributed by atoms with E-state index in [1.807, 2.05) is 0 Å². The zero-order valence-corrected chi connectivity index (χ0v) is 11.7. The molecule has 0 unspecified atom stereocenters. The number of nitrogens with two attached hydrogens (primary N) is 1. The Labute approximate surface area is 109 Å². The number of hydrogen-bond acceptors (Lipinski definition) is 4. The van der Waals surface area contributed by atoms with Crippen molar-refractivity contribution >= 4 is 15.7 Å². The quantitative estimate of drug-likeness (QED) is 0.769. The molecule has 1 saturated carbocycles. The van der Waals surface area contributed by atoms with Crippen LogP contribution in [-0.2, 0) is 14.6 Å². The summed E-state index contributed by atoms with van der Waals surface area (Å²) >= 11 is 0. The second-order valence-corrected chi connectivity index (χ2v) is 8.10. The molecule has 0 spiro atoms. The first kappa shape index (κ1) is 13.8. The first-order valence-electron chi connectivity index (χ1n) is 6.58. The van der Waals surface area contributed by atoms with Crippen molar-refractivity contribution in [3.05, 3.63) is 0 Å². The summed E-state index contributed by atoms with van der Waals surface area (Å²) in [4.78, 5) is 14.2. The molecule has 1 aliphatic carbocycles. The summed E-state index contributed by atoms with van der Waals surface area (Å²) in [5.74, 6) is 0.908. The van der Waals surface area contributed by atoms with Gasteiger partial charge in [-0.1, -0.05) is 6.92 Å². The lowest BCUT2D eigenvalue weighted by atomic mass is 9.62. The topological polar surface area (TPSA) is 80.5 Å². The Kier molecular flexibility index (Phi) is 3.69. The maximum atomic E-state index is 12.5. The smallest absolute Gasteiger partial charge is 0.230 e. The highest BCUT2D eigenvalue weighted by Crippen LogP contribution is 2.46. The highest BCUT2D eigenvalue weighted by atomic mass is 32.2. The van der Waals surface area contributed by atoms with Crippen LogP contribution >= 0.6 is 0 Å². The van der Waals surface area contributed by atoms with E-state index in [-0.39, 0.29) is 17.4 Å². The predicted octanol–water partition coefficient (Wildman–Crippen LogP) is 0.00850. The van der Waals surface area contributed by atoms with Gasteiger partial charge >= 0.3 is 0 Å². The van der Waals surface area contributed by atoms with Crippen LogP contribution in [0.2, 0.25) is 0 Å². The summed E-state index contributed by atoms with van der Waals surface area (Å²) in [7, 11) is -2.96. The van der Waals surface area contributed by atoms with Crippen molar-refractivity contribution in [1.29, 1.82) is 0 Å². The summed E-state index contributed by atoms with van der Waals surface area (Å²) < 4.78 is 23.1. The molecule has 2 fully saturated rings. The van der Waals surface area contributed by atoms with E-state index in [1.54, 1.807) is 4.90 Å². The molecule has 5 nitrogen and oxygen atoms in total. The second kappa shape index (κ2) is 4.81. The maximum Gasteiger partial charge on any atom is 0.230 e. The molecule has 1 amide bonds. The van der Waals surface area contributed by atoms with Crippen molar-refractivity contribution in [3.8, 4) is 0 Å². The van der Waals surface area contributed by atoms with E-state index in [0.29, 0.717) is 32.0 Å². The van der Waals surface area contributed by atoms with Crippen LogP contribution in [-0.4, -0.2) is 50.4 Å². The van der Waals surface area contributed by atoms with Gasteiger partial charge in [0.15, 0.2) is 9.84 Å². The molecular weight excluding hydrogens is 252 g/mol. The molecule has 1 aliphatic heterocycles. The number of nitrogens with zero attached hydrogens (tertiary/aromatic N) is 1. The normalized spacial score (nSPS) is 35.7. The van der Waals surface area contributed by atoms with Crippen LogP contribution in [0.15, 0.2) is 0 Å². The first-order valence-corrected chi connectivity index (χ1v) is 8.40. The zero-order chi connectivity index (χ0) is 13.4. The molecule has 0 aromatic carbocycles. The van der Waals surface area contributed by atoms with Crippen LogP contribution in [0.4, 0.5) is 0 Å². The van der Waals surface area contributed by atoms with Crippen molar-refractivity contribution < 1.29 is 13.2 Å². The Morgan fingerprint density at radius 2 is 2.00 bits per heavy atom. The van der Waals surface area contributed by atoms with E-state index in [2.05, 4.69) is 6.92 Å². The molecule has 2 aliphatic rings. The Bertz CT molecular complexity index is 427. The van der Waals surface area contributed by atoms with E-state index in [1.165, 1.54) is 0 Å². The molecule has 0 atom stereocenters. The lowest BCUT2D eigenvalue weighted by Crippen LogP contribution is -2.55. The summed E-state index contributed by atoms with van der Waals surface area (Å²) in [6, 6.07) is 0. The largest absolute Gasteiger partial charge is 0.341 e. The number of sulfone groups is 1. The number of rotatable bonds is 2. The highest BCUT2D eigenvalue weighted by molar-refractivity contribution is 7.91. The van der Waals surface area contributed by atoms with Crippen molar-refractivity contribution in [1.82, 2.24) is 4.90 Å². The number of hydrogen-bond donors (Lipinski definition) is 1. The van der Waals surface area contributed by atoms with Crippen molar-refractivity contribution in [2.75, 3.05) is 31.1 Å². The van der Waals surface area contributed by atoms with E-state index >= 15 is 0 Å². The fourth-order valence-corrected chi connectivity index (χ4v) is 4.45. The van der Waals surface area contributed by atoms with E-state index in [4.69, 9.17) is 5.73 Å². The minimum Gasteiger partial charge on any atom is -0.341 e. The van der Waals surface area contributed by atoms with Gasteiger partial charge in [-0.05, 0) is 25.2 Å². The Balaban J connectivity index is 2.05. The summed E-state index contributed by atoms with van der Waals surface area (Å²) in [6.07, 6.45) is 2.22. The van der Waals surface area contributed by atoms with Crippen molar-refractivity contribution in [2.45, 2.75) is 26.2 Å². The van der Waals surface area contributed by atoms with Crippen LogP contribution in [0.3, 0.4) is 0 Å². The van der Waals surface area contributed by atoms with Crippen LogP contribution in [0.25, 0.3) is 0 Å². The van der Waals surface area contributed by atoms with Gasteiger partial charge < -0.3 is 10.6 Å². The molecule has 0 aromatic rings. The molecule has 104 valence electrons. The van der Waals surface area contributed by atoms with Gasteiger partial charge in [0.1, 0.15) is 0 Å². The number of carbonyl (C=O) groups excluding carboxylic acids is 1. The van der Waals surface area contributed by atoms with Crippen LogP contribution in [0, 0.1) is 11.3 Å². The SMILES string of the molecule is CC1CC(CN)(C(=O)N2CCCS(=O)(=O)CC2)C1. The lowest BCUT2D eigenvalue weighted by Gasteiger charge is -2.46. The molecule has 0 aromatic heterocycles. The van der Waals surface area contributed by atoms with Crippen molar-refractivity contribution in [3.63, 3.8) is 0 Å². The molecule has 1 saturated heterocycles. The molecule has 2 N–H and O–H groups in total. The van der Waals surface area contributed by atoms with Gasteiger partial charge in [-0.15, -0.1) is 0 Å². The van der Waals surface area contributed by atoms with E-state index in [9.17, 15) is 13.2 Å². The monoisotopic (exact) mass is 274 g/mol. The lowest BCUT2D eigenvalue weighted by molar-refractivity contribution is -0.149. The third kappa shape index (κ3) is 2.54. The van der Waals surface area contributed by atoms with Gasteiger partial charge in [0.2, 0.25) is 5.91 Å². The molecular formula is C12H22N2O3S. The molecule has 1 heterocycles. The first-order chi connectivity index (χ1) is 8.38. The van der Waals surface area contributed by atoms with Crippen LogP contribution in [0.1, 0.15) is 26.2 Å². The Hall–Kier alpha value is -0.620. The van der Waals surface area contributed by atoms with Gasteiger partial charge in [-0.2, -0.15) is 0 Å². The molecule has 0 bridgehead atoms. The molecule has 0 radical (unpaired) electrons. The van der Waals surface area contributed by atoms with Crippen molar-refractivity contribution in [2.24, 2.45) is 17.1 Å². The second-order valence-electron chi connectivity index (χ2n) is 5.80. The average Bonchev–Trinajstić information content (AvgIpc) is 2.45. The summed E-state index contributed by atoms with van der Waals surface area (Å²) in [5, 5.41) is 0.